The number of amides is 1. The number of hydrogen-bond acceptors (Lipinski definition) is 5. The number of carbonyl (C=O) groups excluding carboxylic acids is 1. The molecular weight excluding hydrogens is 457 g/mol. The monoisotopic (exact) mass is 470 g/mol. The normalized spacial score (nSPS) is 11.9. The number of rotatable bonds is 7. The van der Waals surface area contributed by atoms with Crippen LogP contribution in [0.5, 0.6) is 0 Å². The van der Waals surface area contributed by atoms with E-state index in [1.165, 1.54) is 13.0 Å². The zero-order valence-corrected chi connectivity index (χ0v) is 17.0. The molecule has 0 aliphatic carbocycles. The number of halogens is 4. The first-order valence-corrected chi connectivity index (χ1v) is 10.5. The van der Waals surface area contributed by atoms with Gasteiger partial charge >= 0.3 is 12.1 Å². The van der Waals surface area contributed by atoms with E-state index in [1.807, 2.05) is 4.72 Å². The van der Waals surface area contributed by atoms with Gasteiger partial charge < -0.3 is 10.4 Å². The van der Waals surface area contributed by atoms with Gasteiger partial charge in [-0.3, -0.25) is 14.3 Å². The summed E-state index contributed by atoms with van der Waals surface area (Å²) >= 11 is 6.41. The second-order valence-electron chi connectivity index (χ2n) is 5.78. The average Bonchev–Trinajstić information content (AvgIpc) is 2.98. The maximum atomic E-state index is 12.9. The van der Waals surface area contributed by atoms with Crippen molar-refractivity contribution >= 4 is 50.5 Å². The predicted octanol–water partition coefficient (Wildman–Crippen LogP) is 3.73. The molecular formula is C16H14ClF3N2O5S2. The lowest BCUT2D eigenvalue weighted by atomic mass is 10.2. The molecule has 0 aliphatic rings. The van der Waals surface area contributed by atoms with Crippen LogP contribution in [-0.4, -0.2) is 31.9 Å². The highest BCUT2D eigenvalue weighted by atomic mass is 35.5. The summed E-state index contributed by atoms with van der Waals surface area (Å²) in [6, 6.07) is 3.49. The number of hydrogen-bond donors (Lipinski definition) is 3. The van der Waals surface area contributed by atoms with Crippen molar-refractivity contribution in [2.75, 3.05) is 11.3 Å². The van der Waals surface area contributed by atoms with Crippen LogP contribution < -0.4 is 10.0 Å². The number of benzene rings is 1. The van der Waals surface area contributed by atoms with Crippen LogP contribution in [0.25, 0.3) is 0 Å². The third-order valence-corrected chi connectivity index (χ3v) is 7.07. The Balaban J connectivity index is 2.28. The molecule has 1 aromatic carbocycles. The molecule has 1 aromatic heterocycles. The Morgan fingerprint density at radius 3 is 2.48 bits per heavy atom. The minimum atomic E-state index is -4.69. The van der Waals surface area contributed by atoms with Crippen LogP contribution in [0.1, 0.15) is 27.2 Å². The van der Waals surface area contributed by atoms with Crippen molar-refractivity contribution in [3.05, 3.63) is 45.3 Å². The lowest BCUT2D eigenvalue weighted by Gasteiger charge is -2.12. The molecule has 158 valence electrons. The molecule has 0 saturated carbocycles. The van der Waals surface area contributed by atoms with Gasteiger partial charge in [0.05, 0.1) is 27.6 Å². The van der Waals surface area contributed by atoms with Crippen LogP contribution in [0.2, 0.25) is 5.02 Å². The van der Waals surface area contributed by atoms with Gasteiger partial charge in [0.15, 0.2) is 0 Å². The van der Waals surface area contributed by atoms with Gasteiger partial charge in [0.2, 0.25) is 0 Å². The number of carboxylic acids is 1. The van der Waals surface area contributed by atoms with Gasteiger partial charge in [-0.1, -0.05) is 11.6 Å². The van der Waals surface area contributed by atoms with Crippen LogP contribution >= 0.6 is 22.9 Å². The number of carbonyl (C=O) groups is 2. The number of thiophene rings is 1. The minimum absolute atomic E-state index is 0.00315. The molecule has 7 nitrogen and oxygen atoms in total. The Bertz CT molecular complexity index is 1050. The Hall–Kier alpha value is -2.31. The van der Waals surface area contributed by atoms with Gasteiger partial charge in [-0.25, -0.2) is 8.42 Å². The van der Waals surface area contributed by atoms with E-state index in [2.05, 4.69) is 5.32 Å². The molecule has 0 spiro atoms. The summed E-state index contributed by atoms with van der Waals surface area (Å²) in [7, 11) is -4.33. The second-order valence-corrected chi connectivity index (χ2v) is 9.12. The first kappa shape index (κ1) is 23.0. The molecule has 29 heavy (non-hydrogen) atoms. The Morgan fingerprint density at radius 1 is 1.24 bits per heavy atom. The molecule has 2 rings (SSSR count). The molecule has 0 bridgehead atoms. The van der Waals surface area contributed by atoms with E-state index in [0.29, 0.717) is 17.4 Å². The van der Waals surface area contributed by atoms with Crippen LogP contribution in [0.3, 0.4) is 0 Å². The number of aliphatic carboxylic acids is 1. The smallest absolute Gasteiger partial charge is 0.416 e. The largest absolute Gasteiger partial charge is 0.481 e. The van der Waals surface area contributed by atoms with E-state index >= 15 is 0 Å². The van der Waals surface area contributed by atoms with Crippen molar-refractivity contribution in [3.63, 3.8) is 0 Å². The van der Waals surface area contributed by atoms with E-state index in [-0.39, 0.29) is 32.6 Å². The van der Waals surface area contributed by atoms with Crippen molar-refractivity contribution in [2.24, 2.45) is 0 Å². The Morgan fingerprint density at radius 2 is 1.90 bits per heavy atom. The highest BCUT2D eigenvalue weighted by molar-refractivity contribution is 7.94. The molecule has 0 atom stereocenters. The van der Waals surface area contributed by atoms with Gasteiger partial charge in [-0.05, 0) is 36.8 Å². The van der Waals surface area contributed by atoms with E-state index in [1.54, 1.807) is 0 Å². The minimum Gasteiger partial charge on any atom is -0.481 e. The molecule has 3 N–H and O–H groups in total. The Kier molecular flexibility index (Phi) is 6.81. The molecule has 0 aliphatic heterocycles. The summed E-state index contributed by atoms with van der Waals surface area (Å²) in [5, 5.41) is 10.7. The van der Waals surface area contributed by atoms with Crippen molar-refractivity contribution in [3.8, 4) is 0 Å². The third-order valence-electron chi connectivity index (χ3n) is 3.50. The lowest BCUT2D eigenvalue weighted by Crippen LogP contribution is -2.25. The van der Waals surface area contributed by atoms with Crippen LogP contribution in [0.4, 0.5) is 18.9 Å². The molecule has 2 aromatic rings. The van der Waals surface area contributed by atoms with Gasteiger partial charge in [0, 0.05) is 6.54 Å². The molecule has 0 saturated heterocycles. The predicted molar refractivity (Wildman–Crippen MR) is 101 cm³/mol. The van der Waals surface area contributed by atoms with Crippen LogP contribution in [0, 0.1) is 6.92 Å². The zero-order chi connectivity index (χ0) is 22.0. The van der Waals surface area contributed by atoms with Crippen molar-refractivity contribution < 1.29 is 36.3 Å². The van der Waals surface area contributed by atoms with Crippen molar-refractivity contribution in [1.82, 2.24) is 5.32 Å². The number of aryl methyl sites for hydroxylation is 1. The van der Waals surface area contributed by atoms with Crippen LogP contribution in [0.15, 0.2) is 28.5 Å². The fraction of sp³-hybridized carbons (Fsp3) is 0.250. The second kappa shape index (κ2) is 8.59. The van der Waals surface area contributed by atoms with Crippen molar-refractivity contribution in [2.45, 2.75) is 23.7 Å². The number of alkyl halides is 3. The molecule has 0 unspecified atom stereocenters. The quantitative estimate of drug-likeness (QED) is 0.570. The maximum absolute atomic E-state index is 12.9. The average molecular weight is 471 g/mol. The molecule has 0 fully saturated rings. The summed E-state index contributed by atoms with van der Waals surface area (Å²) in [6.07, 6.45) is -5.00. The number of nitrogens with one attached hydrogen (secondary N) is 2. The summed E-state index contributed by atoms with van der Waals surface area (Å²) in [6.45, 7) is 1.26. The van der Waals surface area contributed by atoms with E-state index in [0.717, 1.165) is 12.1 Å². The SMILES string of the molecule is Cc1cc(C(=O)NCCC(=O)O)sc1S(=O)(=O)Nc1cc(C(F)(F)F)ccc1Cl. The van der Waals surface area contributed by atoms with E-state index in [4.69, 9.17) is 16.7 Å². The number of sulfonamides is 1. The molecule has 0 radical (unpaired) electrons. The van der Waals surface area contributed by atoms with Crippen LogP contribution in [-0.2, 0) is 21.0 Å². The molecule has 1 heterocycles. The number of anilines is 1. The highest BCUT2D eigenvalue weighted by Crippen LogP contribution is 2.35. The standard InChI is InChI=1S/C16H14ClF3N2O5S2/c1-8-6-12(14(25)21-5-4-13(23)24)28-15(8)29(26,27)22-11-7-9(16(18,19)20)2-3-10(11)17/h2-3,6-7,22H,4-5H2,1H3,(H,21,25)(H,23,24). The zero-order valence-electron chi connectivity index (χ0n) is 14.6. The summed E-state index contributed by atoms with van der Waals surface area (Å²) < 4.78 is 65.6. The molecule has 13 heteroatoms. The highest BCUT2D eigenvalue weighted by Gasteiger charge is 2.32. The summed E-state index contributed by atoms with van der Waals surface area (Å²) in [5.41, 5.74) is -1.35. The molecule has 1 amide bonds. The lowest BCUT2D eigenvalue weighted by molar-refractivity contribution is -0.138. The first-order chi connectivity index (χ1) is 13.3. The van der Waals surface area contributed by atoms with Gasteiger partial charge in [-0.2, -0.15) is 13.2 Å². The Labute approximate surface area is 172 Å². The summed E-state index contributed by atoms with van der Waals surface area (Å²) in [5.74, 6) is -1.78. The first-order valence-electron chi connectivity index (χ1n) is 7.81. The third kappa shape index (κ3) is 5.84. The van der Waals surface area contributed by atoms with E-state index < -0.39 is 39.3 Å². The fourth-order valence-corrected chi connectivity index (χ4v) is 5.09. The summed E-state index contributed by atoms with van der Waals surface area (Å²) in [4.78, 5) is 22.5. The fourth-order valence-electron chi connectivity index (χ4n) is 2.19. The van der Waals surface area contributed by atoms with E-state index in [9.17, 15) is 31.2 Å². The van der Waals surface area contributed by atoms with Crippen molar-refractivity contribution in [1.29, 1.82) is 0 Å². The van der Waals surface area contributed by atoms with Gasteiger partial charge in [0.25, 0.3) is 15.9 Å². The maximum Gasteiger partial charge on any atom is 0.416 e. The number of carboxylic acid groups (broad SMARTS) is 1. The van der Waals surface area contributed by atoms with Gasteiger partial charge in [-0.15, -0.1) is 11.3 Å². The topological polar surface area (TPSA) is 113 Å². The van der Waals surface area contributed by atoms with Gasteiger partial charge in [0.1, 0.15) is 4.21 Å².